The molecule has 1 aliphatic carbocycles. The number of fused-ring (bicyclic) bond motifs is 1. The van der Waals surface area contributed by atoms with E-state index in [1.165, 1.54) is 5.69 Å². The van der Waals surface area contributed by atoms with Crippen LogP contribution in [-0.4, -0.2) is 15.8 Å². The normalized spacial score (nSPS) is 16.4. The lowest BCUT2D eigenvalue weighted by Crippen LogP contribution is -2.34. The van der Waals surface area contributed by atoms with Crippen LogP contribution in [0.3, 0.4) is 0 Å². The number of carbonyl (C=O) groups is 1. The van der Waals surface area contributed by atoms with Crippen molar-refractivity contribution < 1.29 is 9.53 Å². The molecule has 0 spiro atoms. The summed E-state index contributed by atoms with van der Waals surface area (Å²) in [7, 11) is 1.95. The Hall–Kier alpha value is -3.28. The van der Waals surface area contributed by atoms with Crippen molar-refractivity contribution >= 4 is 11.7 Å². The van der Waals surface area contributed by atoms with Crippen LogP contribution in [0.1, 0.15) is 54.3 Å². The zero-order valence-corrected chi connectivity index (χ0v) is 17.7. The molecular weight excluding hydrogens is 376 g/mol. The number of rotatable bonds is 5. The molecule has 6 nitrogen and oxygen atoms in total. The molecule has 3 aromatic rings. The molecule has 2 unspecified atom stereocenters. The summed E-state index contributed by atoms with van der Waals surface area (Å²) in [5.41, 5.74) is 5.17. The Morgan fingerprint density at radius 1 is 1.23 bits per heavy atom. The first kappa shape index (κ1) is 20.0. The summed E-state index contributed by atoms with van der Waals surface area (Å²) in [5, 5.41) is 10.4. The maximum Gasteiger partial charge on any atom is 0.319 e. The molecule has 0 radical (unpaired) electrons. The zero-order chi connectivity index (χ0) is 21.1. The van der Waals surface area contributed by atoms with Gasteiger partial charge in [-0.1, -0.05) is 30.3 Å². The van der Waals surface area contributed by atoms with Crippen LogP contribution in [0.4, 0.5) is 10.5 Å². The largest absolute Gasteiger partial charge is 0.486 e. The van der Waals surface area contributed by atoms with Crippen LogP contribution in [0, 0.1) is 6.92 Å². The second kappa shape index (κ2) is 8.61. The summed E-state index contributed by atoms with van der Waals surface area (Å²) in [6, 6.07) is 15.6. The number of ether oxygens (including phenoxy) is 1. The molecule has 0 saturated heterocycles. The summed E-state index contributed by atoms with van der Waals surface area (Å²) >= 11 is 0. The van der Waals surface area contributed by atoms with Crippen molar-refractivity contribution in [1.82, 2.24) is 15.1 Å². The maximum atomic E-state index is 12.6. The number of anilines is 1. The van der Waals surface area contributed by atoms with E-state index in [2.05, 4.69) is 27.9 Å². The van der Waals surface area contributed by atoms with E-state index in [1.807, 2.05) is 68.2 Å². The molecule has 1 aromatic heterocycles. The maximum absolute atomic E-state index is 12.6. The van der Waals surface area contributed by atoms with E-state index in [1.54, 1.807) is 0 Å². The fourth-order valence-corrected chi connectivity index (χ4v) is 4.02. The van der Waals surface area contributed by atoms with Crippen LogP contribution in [0.5, 0.6) is 5.75 Å². The average molecular weight is 405 g/mol. The topological polar surface area (TPSA) is 68.2 Å². The van der Waals surface area contributed by atoms with Crippen molar-refractivity contribution in [2.75, 3.05) is 5.32 Å². The molecule has 4 rings (SSSR count). The van der Waals surface area contributed by atoms with Gasteiger partial charge in [0, 0.05) is 24.0 Å². The molecule has 2 atom stereocenters. The van der Waals surface area contributed by atoms with Gasteiger partial charge in [0.2, 0.25) is 0 Å². The third kappa shape index (κ3) is 4.32. The minimum atomic E-state index is -0.203. The molecule has 30 heavy (non-hydrogen) atoms. The molecule has 6 heteroatoms. The van der Waals surface area contributed by atoms with Gasteiger partial charge in [-0.15, -0.1) is 0 Å². The number of aryl methyl sites for hydroxylation is 2. The van der Waals surface area contributed by atoms with Gasteiger partial charge in [-0.2, -0.15) is 5.10 Å². The predicted molar refractivity (Wildman–Crippen MR) is 118 cm³/mol. The second-order valence-corrected chi connectivity index (χ2v) is 7.86. The highest BCUT2D eigenvalue weighted by Crippen LogP contribution is 2.30. The van der Waals surface area contributed by atoms with Gasteiger partial charge in [-0.25, -0.2) is 4.79 Å². The fraction of sp³-hybridized carbons (Fsp3) is 0.333. The number of hydrogen-bond acceptors (Lipinski definition) is 3. The van der Waals surface area contributed by atoms with Gasteiger partial charge in [0.15, 0.2) is 0 Å². The molecular formula is C24H28N4O2. The number of aromatic nitrogens is 2. The van der Waals surface area contributed by atoms with E-state index in [9.17, 15) is 4.79 Å². The molecule has 0 bridgehead atoms. The van der Waals surface area contributed by atoms with Gasteiger partial charge in [0.25, 0.3) is 0 Å². The molecule has 0 fully saturated rings. The van der Waals surface area contributed by atoms with E-state index in [-0.39, 0.29) is 18.2 Å². The molecule has 2 aromatic carbocycles. The number of nitrogens with one attached hydrogen (secondary N) is 2. The molecule has 1 aliphatic rings. The van der Waals surface area contributed by atoms with Crippen molar-refractivity contribution in [1.29, 1.82) is 0 Å². The van der Waals surface area contributed by atoms with E-state index < -0.39 is 0 Å². The highest BCUT2D eigenvalue weighted by Gasteiger charge is 2.24. The molecule has 0 saturated carbocycles. The minimum absolute atomic E-state index is 0.00270. The fourth-order valence-electron chi connectivity index (χ4n) is 4.02. The Morgan fingerprint density at radius 2 is 2.03 bits per heavy atom. The lowest BCUT2D eigenvalue weighted by molar-refractivity contribution is 0.227. The Morgan fingerprint density at radius 3 is 2.80 bits per heavy atom. The summed E-state index contributed by atoms with van der Waals surface area (Å²) in [6.45, 7) is 4.00. The first-order valence-electron chi connectivity index (χ1n) is 10.4. The third-order valence-electron chi connectivity index (χ3n) is 5.71. The van der Waals surface area contributed by atoms with Crippen LogP contribution >= 0.6 is 0 Å². The Balaban J connectivity index is 1.39. The summed E-state index contributed by atoms with van der Waals surface area (Å²) < 4.78 is 7.97. The number of hydrogen-bond donors (Lipinski definition) is 2. The van der Waals surface area contributed by atoms with Crippen molar-refractivity contribution in [2.24, 2.45) is 7.05 Å². The van der Waals surface area contributed by atoms with E-state index in [4.69, 9.17) is 4.74 Å². The molecule has 0 aliphatic heterocycles. The van der Waals surface area contributed by atoms with E-state index >= 15 is 0 Å². The first-order valence-corrected chi connectivity index (χ1v) is 10.4. The third-order valence-corrected chi connectivity index (χ3v) is 5.71. The SMILES string of the molecule is Cc1cc(OC(C)c2ccccc2)ccc1NC(=O)NC1CCCc2c1cnn2C. The molecule has 2 N–H and O–H groups in total. The number of carbonyl (C=O) groups excluding carboxylic acids is 1. The number of urea groups is 1. The summed E-state index contributed by atoms with van der Waals surface area (Å²) in [5.74, 6) is 0.780. The van der Waals surface area contributed by atoms with Crippen molar-refractivity contribution in [3.63, 3.8) is 0 Å². The number of nitrogens with zero attached hydrogens (tertiary/aromatic N) is 2. The van der Waals surface area contributed by atoms with Crippen molar-refractivity contribution in [2.45, 2.75) is 45.3 Å². The van der Waals surface area contributed by atoms with Crippen LogP contribution in [0.2, 0.25) is 0 Å². The Kier molecular flexibility index (Phi) is 5.74. The zero-order valence-electron chi connectivity index (χ0n) is 17.7. The van der Waals surface area contributed by atoms with E-state index in [0.717, 1.165) is 47.4 Å². The van der Waals surface area contributed by atoms with Gasteiger partial charge in [-0.3, -0.25) is 4.68 Å². The van der Waals surface area contributed by atoms with Gasteiger partial charge in [0.05, 0.1) is 12.2 Å². The highest BCUT2D eigenvalue weighted by molar-refractivity contribution is 5.90. The standard InChI is InChI=1S/C24H28N4O2/c1-16-14-19(30-17(2)18-8-5-4-6-9-18)12-13-21(16)26-24(29)27-22-10-7-11-23-20(22)15-25-28(23)3/h4-6,8-9,12-15,17,22H,7,10-11H2,1-3H3,(H2,26,27,29). The van der Waals surface area contributed by atoms with Crippen LogP contribution in [0.15, 0.2) is 54.7 Å². The van der Waals surface area contributed by atoms with Gasteiger partial charge in [-0.05, 0) is 62.4 Å². The predicted octanol–water partition coefficient (Wildman–Crippen LogP) is 5.07. The van der Waals surface area contributed by atoms with Crippen LogP contribution in [-0.2, 0) is 13.5 Å². The molecule has 1 heterocycles. The first-order chi connectivity index (χ1) is 14.5. The molecule has 156 valence electrons. The van der Waals surface area contributed by atoms with Crippen molar-refractivity contribution in [3.8, 4) is 5.75 Å². The number of amides is 2. The lowest BCUT2D eigenvalue weighted by Gasteiger charge is -2.24. The van der Waals surface area contributed by atoms with E-state index in [0.29, 0.717) is 0 Å². The van der Waals surface area contributed by atoms with Gasteiger partial charge < -0.3 is 15.4 Å². The Labute approximate surface area is 177 Å². The van der Waals surface area contributed by atoms with Gasteiger partial charge in [0.1, 0.15) is 11.9 Å². The number of benzene rings is 2. The monoisotopic (exact) mass is 404 g/mol. The van der Waals surface area contributed by atoms with Gasteiger partial charge >= 0.3 is 6.03 Å². The molecule has 2 amide bonds. The highest BCUT2D eigenvalue weighted by atomic mass is 16.5. The minimum Gasteiger partial charge on any atom is -0.486 e. The van der Waals surface area contributed by atoms with Crippen molar-refractivity contribution in [3.05, 3.63) is 77.1 Å². The summed E-state index contributed by atoms with van der Waals surface area (Å²) in [6.07, 6.45) is 4.79. The van der Waals surface area contributed by atoms with Crippen LogP contribution < -0.4 is 15.4 Å². The smallest absolute Gasteiger partial charge is 0.319 e. The Bertz CT molecular complexity index is 1030. The van der Waals surface area contributed by atoms with Crippen LogP contribution in [0.25, 0.3) is 0 Å². The summed E-state index contributed by atoms with van der Waals surface area (Å²) in [4.78, 5) is 12.6. The lowest BCUT2D eigenvalue weighted by atomic mass is 9.93. The average Bonchev–Trinajstić information content (AvgIpc) is 3.13. The quantitative estimate of drug-likeness (QED) is 0.624. The second-order valence-electron chi connectivity index (χ2n) is 7.86.